The van der Waals surface area contributed by atoms with E-state index in [0.717, 1.165) is 22.8 Å². The average molecular weight is 266 g/mol. The molecule has 1 aliphatic rings. The Morgan fingerprint density at radius 2 is 2.05 bits per heavy atom. The first-order chi connectivity index (χ1) is 9.43. The third-order valence-electron chi connectivity index (χ3n) is 3.17. The van der Waals surface area contributed by atoms with Gasteiger partial charge in [-0.05, 0) is 17.5 Å². The van der Waals surface area contributed by atoms with Crippen molar-refractivity contribution >= 4 is 17.0 Å². The first-order valence-corrected chi connectivity index (χ1v) is 6.88. The lowest BCUT2D eigenvalue weighted by atomic mass is 10.1. The Morgan fingerprint density at radius 3 is 2.95 bits per heavy atom. The fraction of sp³-hybridized carbons (Fsp3) is 0.0714. The van der Waals surface area contributed by atoms with E-state index in [1.807, 2.05) is 16.7 Å². The van der Waals surface area contributed by atoms with Gasteiger partial charge < -0.3 is 0 Å². The summed E-state index contributed by atoms with van der Waals surface area (Å²) in [6, 6.07) is 12.4. The highest BCUT2D eigenvalue weighted by atomic mass is 32.1. The average Bonchev–Trinajstić information content (AvgIpc) is 3.09. The van der Waals surface area contributed by atoms with Crippen molar-refractivity contribution in [1.82, 2.24) is 14.8 Å². The summed E-state index contributed by atoms with van der Waals surface area (Å²) in [5.41, 5.74) is 3.26. The smallest absolute Gasteiger partial charge is 0.159 e. The number of rotatable bonds is 1. The number of aromatic nitrogens is 3. The van der Waals surface area contributed by atoms with Crippen LogP contribution in [0.5, 0.6) is 0 Å². The summed E-state index contributed by atoms with van der Waals surface area (Å²) in [7, 11) is 0. The first-order valence-electron chi connectivity index (χ1n) is 6.00. The molecule has 0 radical (unpaired) electrons. The van der Waals surface area contributed by atoms with Gasteiger partial charge in [0.15, 0.2) is 5.82 Å². The Labute approximate surface area is 114 Å². The summed E-state index contributed by atoms with van der Waals surface area (Å²) in [5.74, 6) is 0.874. The van der Waals surface area contributed by atoms with Gasteiger partial charge in [-0.3, -0.25) is 9.56 Å². The monoisotopic (exact) mass is 266 g/mol. The van der Waals surface area contributed by atoms with Crippen molar-refractivity contribution in [2.24, 2.45) is 4.99 Å². The topological polar surface area (TPSA) is 43.1 Å². The second-order valence-electron chi connectivity index (χ2n) is 4.28. The predicted octanol–water partition coefficient (Wildman–Crippen LogP) is 2.68. The minimum absolute atomic E-state index is 0.557. The number of thiophene rings is 1. The minimum atomic E-state index is 0.557. The molecule has 1 aromatic carbocycles. The van der Waals surface area contributed by atoms with Crippen LogP contribution in [0.15, 0.2) is 53.1 Å². The molecule has 1 aliphatic heterocycles. The molecule has 0 saturated carbocycles. The van der Waals surface area contributed by atoms with Crippen LogP contribution in [0.1, 0.15) is 16.3 Å². The SMILES string of the molecule is c1csc(C2=NCc3nncn3-c3ccccc32)c1. The van der Waals surface area contributed by atoms with E-state index >= 15 is 0 Å². The number of hydrogen-bond donors (Lipinski definition) is 0. The van der Waals surface area contributed by atoms with Crippen LogP contribution in [0.3, 0.4) is 0 Å². The van der Waals surface area contributed by atoms with Crippen LogP contribution in [0.4, 0.5) is 0 Å². The minimum Gasteiger partial charge on any atom is -0.283 e. The maximum atomic E-state index is 4.72. The normalized spacial score (nSPS) is 13.4. The largest absolute Gasteiger partial charge is 0.283 e. The van der Waals surface area contributed by atoms with Gasteiger partial charge in [0, 0.05) is 5.56 Å². The quantitative estimate of drug-likeness (QED) is 0.679. The second kappa shape index (κ2) is 4.13. The van der Waals surface area contributed by atoms with Gasteiger partial charge >= 0.3 is 0 Å². The maximum Gasteiger partial charge on any atom is 0.159 e. The van der Waals surface area contributed by atoms with E-state index in [1.54, 1.807) is 17.7 Å². The fourth-order valence-electron chi connectivity index (χ4n) is 2.31. The molecule has 0 saturated heterocycles. The van der Waals surface area contributed by atoms with Gasteiger partial charge in [-0.25, -0.2) is 0 Å². The van der Waals surface area contributed by atoms with Crippen LogP contribution < -0.4 is 0 Å². The maximum absolute atomic E-state index is 4.72. The van der Waals surface area contributed by atoms with Gasteiger partial charge in [0.2, 0.25) is 0 Å². The van der Waals surface area contributed by atoms with E-state index in [1.165, 1.54) is 4.88 Å². The number of aliphatic imine (C=N–C) groups is 1. The van der Waals surface area contributed by atoms with E-state index in [2.05, 4.69) is 39.8 Å². The zero-order valence-corrected chi connectivity index (χ0v) is 10.8. The molecule has 0 N–H and O–H groups in total. The van der Waals surface area contributed by atoms with Crippen molar-refractivity contribution in [1.29, 1.82) is 0 Å². The van der Waals surface area contributed by atoms with Crippen LogP contribution >= 0.6 is 11.3 Å². The van der Waals surface area contributed by atoms with Gasteiger partial charge in [0.25, 0.3) is 0 Å². The molecular formula is C14H10N4S. The molecule has 3 aromatic rings. The van der Waals surface area contributed by atoms with Gasteiger partial charge in [0.05, 0.1) is 16.3 Å². The van der Waals surface area contributed by atoms with Crippen molar-refractivity contribution in [3.8, 4) is 5.69 Å². The van der Waals surface area contributed by atoms with E-state index in [0.29, 0.717) is 6.54 Å². The molecule has 19 heavy (non-hydrogen) atoms. The first kappa shape index (κ1) is 10.6. The molecule has 0 spiro atoms. The fourth-order valence-corrected chi connectivity index (χ4v) is 3.06. The zero-order valence-electron chi connectivity index (χ0n) is 10.0. The molecule has 0 unspecified atom stereocenters. The summed E-state index contributed by atoms with van der Waals surface area (Å²) in [4.78, 5) is 5.91. The molecule has 92 valence electrons. The summed E-state index contributed by atoms with van der Waals surface area (Å²) in [6.45, 7) is 0.557. The summed E-state index contributed by atoms with van der Waals surface area (Å²) < 4.78 is 2.01. The van der Waals surface area contributed by atoms with E-state index in [4.69, 9.17) is 4.99 Å². The van der Waals surface area contributed by atoms with Crippen LogP contribution in [0.2, 0.25) is 0 Å². The number of fused-ring (bicyclic) bond motifs is 3. The molecule has 0 bridgehead atoms. The number of nitrogens with zero attached hydrogens (tertiary/aromatic N) is 4. The third kappa shape index (κ3) is 1.62. The molecule has 0 fully saturated rings. The standard InChI is InChI=1S/C14H10N4S/c1-2-5-11-10(4-1)14(12-6-3-7-19-12)15-8-13-17-16-9-18(11)13/h1-7,9H,8H2. The van der Waals surface area contributed by atoms with Crippen molar-refractivity contribution in [3.63, 3.8) is 0 Å². The summed E-state index contributed by atoms with van der Waals surface area (Å²) in [6.07, 6.45) is 1.75. The lowest BCUT2D eigenvalue weighted by molar-refractivity contribution is 0.870. The van der Waals surface area contributed by atoms with E-state index < -0.39 is 0 Å². The molecule has 0 amide bonds. The van der Waals surface area contributed by atoms with Gasteiger partial charge in [-0.2, -0.15) is 0 Å². The lowest BCUT2D eigenvalue weighted by Gasteiger charge is -2.09. The number of hydrogen-bond acceptors (Lipinski definition) is 4. The van der Waals surface area contributed by atoms with Gasteiger partial charge in [0.1, 0.15) is 12.9 Å². The molecule has 2 aromatic heterocycles. The number of para-hydroxylation sites is 1. The second-order valence-corrected chi connectivity index (χ2v) is 5.22. The van der Waals surface area contributed by atoms with Crippen molar-refractivity contribution in [2.45, 2.75) is 6.54 Å². The summed E-state index contributed by atoms with van der Waals surface area (Å²) >= 11 is 1.71. The Hall–Kier alpha value is -2.27. The Balaban J connectivity index is 2.00. The van der Waals surface area contributed by atoms with Crippen LogP contribution in [-0.2, 0) is 6.54 Å². The zero-order chi connectivity index (χ0) is 12.7. The Morgan fingerprint density at radius 1 is 1.11 bits per heavy atom. The van der Waals surface area contributed by atoms with Crippen LogP contribution in [-0.4, -0.2) is 20.5 Å². The van der Waals surface area contributed by atoms with Crippen molar-refractivity contribution in [3.05, 3.63) is 64.4 Å². The van der Waals surface area contributed by atoms with Crippen LogP contribution in [0.25, 0.3) is 5.69 Å². The number of benzene rings is 1. The lowest BCUT2D eigenvalue weighted by Crippen LogP contribution is -2.04. The predicted molar refractivity (Wildman–Crippen MR) is 75.0 cm³/mol. The highest BCUT2D eigenvalue weighted by Crippen LogP contribution is 2.25. The summed E-state index contributed by atoms with van der Waals surface area (Å²) in [5, 5.41) is 10.2. The third-order valence-corrected chi connectivity index (χ3v) is 4.05. The molecule has 4 rings (SSSR count). The van der Waals surface area contributed by atoms with Gasteiger partial charge in [-0.15, -0.1) is 21.5 Å². The highest BCUT2D eigenvalue weighted by molar-refractivity contribution is 7.12. The van der Waals surface area contributed by atoms with Crippen molar-refractivity contribution < 1.29 is 0 Å². The molecule has 5 heteroatoms. The van der Waals surface area contributed by atoms with Crippen molar-refractivity contribution in [2.75, 3.05) is 0 Å². The molecule has 3 heterocycles. The highest BCUT2D eigenvalue weighted by Gasteiger charge is 2.19. The Bertz CT molecular complexity index is 755. The van der Waals surface area contributed by atoms with Crippen LogP contribution in [0, 0.1) is 0 Å². The van der Waals surface area contributed by atoms with Gasteiger partial charge in [-0.1, -0.05) is 24.3 Å². The Kier molecular flexibility index (Phi) is 2.31. The molecule has 4 nitrogen and oxygen atoms in total. The van der Waals surface area contributed by atoms with E-state index in [9.17, 15) is 0 Å². The van der Waals surface area contributed by atoms with E-state index in [-0.39, 0.29) is 0 Å². The molecule has 0 atom stereocenters. The molecule has 0 aliphatic carbocycles. The molecular weight excluding hydrogens is 256 g/mol.